The molecule has 0 bridgehead atoms. The van der Waals surface area contributed by atoms with E-state index in [4.69, 9.17) is 21.1 Å². The van der Waals surface area contributed by atoms with Crippen LogP contribution < -0.4 is 5.32 Å². The molecule has 0 aliphatic heterocycles. The molecule has 0 saturated heterocycles. The van der Waals surface area contributed by atoms with Crippen LogP contribution in [0.2, 0.25) is 23.2 Å². The summed E-state index contributed by atoms with van der Waals surface area (Å²) in [6, 6.07) is 6.94. The van der Waals surface area contributed by atoms with Gasteiger partial charge in [-0.25, -0.2) is 0 Å². The number of aliphatic carboxylic acids is 1. The number of halogens is 1. The van der Waals surface area contributed by atoms with E-state index in [0.29, 0.717) is 11.6 Å². The molecule has 0 saturated carbocycles. The van der Waals surface area contributed by atoms with Gasteiger partial charge in [0.2, 0.25) is 0 Å². The fourth-order valence-corrected chi connectivity index (χ4v) is 3.32. The molecule has 2 atom stereocenters. The van der Waals surface area contributed by atoms with E-state index in [1.807, 2.05) is 24.3 Å². The van der Waals surface area contributed by atoms with Gasteiger partial charge in [-0.2, -0.15) is 0 Å². The highest BCUT2D eigenvalue weighted by Crippen LogP contribution is 2.39. The summed E-state index contributed by atoms with van der Waals surface area (Å²) in [5.41, 5.74) is 0.965. The van der Waals surface area contributed by atoms with E-state index in [1.165, 1.54) is 0 Å². The average molecular weight is 358 g/mol. The topological polar surface area (TPSA) is 58.6 Å². The SMILES string of the molecule is CC(NCC(O[Si](C)(C)C(C)(C)C)c1cccc(Cl)c1)C(=O)O. The van der Waals surface area contributed by atoms with Crippen LogP contribution in [-0.4, -0.2) is 32.0 Å². The number of carboxylic acids is 1. The first kappa shape index (κ1) is 20.2. The summed E-state index contributed by atoms with van der Waals surface area (Å²) in [4.78, 5) is 11.0. The van der Waals surface area contributed by atoms with Gasteiger partial charge in [0, 0.05) is 11.6 Å². The van der Waals surface area contributed by atoms with Gasteiger partial charge in [-0.05, 0) is 42.8 Å². The van der Waals surface area contributed by atoms with E-state index >= 15 is 0 Å². The van der Waals surface area contributed by atoms with E-state index in [1.54, 1.807) is 6.92 Å². The fraction of sp³-hybridized carbons (Fsp3) is 0.588. The Balaban J connectivity index is 3.00. The Morgan fingerprint density at radius 2 is 2.00 bits per heavy atom. The summed E-state index contributed by atoms with van der Waals surface area (Å²) in [6.45, 7) is 13.0. The van der Waals surface area contributed by atoms with Crippen molar-refractivity contribution in [3.05, 3.63) is 34.9 Å². The first-order valence-electron chi connectivity index (χ1n) is 7.83. The van der Waals surface area contributed by atoms with Crippen molar-refractivity contribution in [2.24, 2.45) is 0 Å². The molecule has 1 rings (SSSR count). The van der Waals surface area contributed by atoms with Crippen LogP contribution in [-0.2, 0) is 9.22 Å². The van der Waals surface area contributed by atoms with Gasteiger partial charge in [0.25, 0.3) is 0 Å². The van der Waals surface area contributed by atoms with Gasteiger partial charge in [-0.1, -0.05) is 44.5 Å². The molecule has 0 amide bonds. The third-order valence-electron chi connectivity index (χ3n) is 4.44. The number of hydrogen-bond acceptors (Lipinski definition) is 3. The number of carbonyl (C=O) groups is 1. The highest BCUT2D eigenvalue weighted by molar-refractivity contribution is 6.74. The molecule has 2 N–H and O–H groups in total. The predicted octanol–water partition coefficient (Wildman–Crippen LogP) is 4.47. The largest absolute Gasteiger partial charge is 0.480 e. The predicted molar refractivity (Wildman–Crippen MR) is 97.6 cm³/mol. The van der Waals surface area contributed by atoms with Crippen LogP contribution in [0.25, 0.3) is 0 Å². The van der Waals surface area contributed by atoms with E-state index < -0.39 is 20.3 Å². The number of carboxylic acid groups (broad SMARTS) is 1. The van der Waals surface area contributed by atoms with Gasteiger partial charge < -0.3 is 14.8 Å². The summed E-state index contributed by atoms with van der Waals surface area (Å²) in [6.07, 6.45) is -0.226. The average Bonchev–Trinajstić information content (AvgIpc) is 2.41. The monoisotopic (exact) mass is 357 g/mol. The number of nitrogens with one attached hydrogen (secondary N) is 1. The highest BCUT2D eigenvalue weighted by Gasteiger charge is 2.39. The standard InChI is InChI=1S/C17H28ClNO3Si/c1-12(16(20)21)19-11-15(13-8-7-9-14(18)10-13)22-23(5,6)17(2,3)4/h7-10,12,15,19H,11H2,1-6H3,(H,20,21). The molecule has 2 unspecified atom stereocenters. The Bertz CT molecular complexity index is 543. The second kappa shape index (κ2) is 7.79. The molecule has 0 spiro atoms. The minimum Gasteiger partial charge on any atom is -0.480 e. The quantitative estimate of drug-likeness (QED) is 0.707. The van der Waals surface area contributed by atoms with Crippen LogP contribution in [0.3, 0.4) is 0 Å². The molecule has 4 nitrogen and oxygen atoms in total. The normalized spacial score (nSPS) is 15.3. The van der Waals surface area contributed by atoms with Gasteiger partial charge in [0.15, 0.2) is 8.32 Å². The van der Waals surface area contributed by atoms with Crippen LogP contribution in [0.4, 0.5) is 0 Å². The van der Waals surface area contributed by atoms with Gasteiger partial charge >= 0.3 is 5.97 Å². The summed E-state index contributed by atoms with van der Waals surface area (Å²) in [5.74, 6) is -0.873. The van der Waals surface area contributed by atoms with Crippen LogP contribution in [0.5, 0.6) is 0 Å². The summed E-state index contributed by atoms with van der Waals surface area (Å²) in [7, 11) is -2.00. The number of hydrogen-bond donors (Lipinski definition) is 2. The van der Waals surface area contributed by atoms with Crippen molar-refractivity contribution in [2.45, 2.75) is 58.0 Å². The molecule has 0 aromatic heterocycles. The Hall–Kier alpha value is -0.883. The van der Waals surface area contributed by atoms with Crippen molar-refractivity contribution in [1.82, 2.24) is 5.32 Å². The Morgan fingerprint density at radius 1 is 1.39 bits per heavy atom. The minimum absolute atomic E-state index is 0.0717. The maximum Gasteiger partial charge on any atom is 0.320 e. The van der Waals surface area contributed by atoms with E-state index in [2.05, 4.69) is 39.2 Å². The lowest BCUT2D eigenvalue weighted by molar-refractivity contribution is -0.139. The fourth-order valence-electron chi connectivity index (χ4n) is 1.84. The lowest BCUT2D eigenvalue weighted by Gasteiger charge is -2.39. The zero-order chi connectivity index (χ0) is 17.8. The smallest absolute Gasteiger partial charge is 0.320 e. The van der Waals surface area contributed by atoms with Crippen molar-refractivity contribution in [3.8, 4) is 0 Å². The van der Waals surface area contributed by atoms with E-state index in [9.17, 15) is 4.79 Å². The molecule has 23 heavy (non-hydrogen) atoms. The van der Waals surface area contributed by atoms with E-state index in [-0.39, 0.29) is 11.1 Å². The molecule has 6 heteroatoms. The first-order chi connectivity index (χ1) is 10.4. The number of rotatable bonds is 7. The molecule has 0 fully saturated rings. The molecule has 0 heterocycles. The second-order valence-electron chi connectivity index (χ2n) is 7.39. The Kier molecular flexibility index (Phi) is 6.83. The Morgan fingerprint density at radius 3 is 2.48 bits per heavy atom. The van der Waals surface area contributed by atoms with Gasteiger partial charge in [-0.15, -0.1) is 0 Å². The first-order valence-corrected chi connectivity index (χ1v) is 11.1. The van der Waals surface area contributed by atoms with Crippen molar-refractivity contribution >= 4 is 25.9 Å². The second-order valence-corrected chi connectivity index (χ2v) is 12.6. The zero-order valence-electron chi connectivity index (χ0n) is 14.8. The van der Waals surface area contributed by atoms with Crippen molar-refractivity contribution < 1.29 is 14.3 Å². The zero-order valence-corrected chi connectivity index (χ0v) is 16.6. The van der Waals surface area contributed by atoms with Crippen molar-refractivity contribution in [2.75, 3.05) is 6.54 Å². The molecule has 0 radical (unpaired) electrons. The molecule has 0 aliphatic rings. The van der Waals surface area contributed by atoms with Crippen LogP contribution in [0.15, 0.2) is 24.3 Å². The van der Waals surface area contributed by atoms with Crippen LogP contribution >= 0.6 is 11.6 Å². The van der Waals surface area contributed by atoms with E-state index in [0.717, 1.165) is 5.56 Å². The summed E-state index contributed by atoms with van der Waals surface area (Å²) >= 11 is 6.10. The van der Waals surface area contributed by atoms with Crippen LogP contribution in [0, 0.1) is 0 Å². The maximum atomic E-state index is 11.0. The highest BCUT2D eigenvalue weighted by atomic mass is 35.5. The van der Waals surface area contributed by atoms with Gasteiger partial charge in [0.05, 0.1) is 6.10 Å². The van der Waals surface area contributed by atoms with Gasteiger partial charge in [-0.3, -0.25) is 4.79 Å². The molecule has 0 aliphatic carbocycles. The molecule has 1 aromatic rings. The minimum atomic E-state index is -2.00. The number of benzene rings is 1. The molecule has 130 valence electrons. The van der Waals surface area contributed by atoms with Gasteiger partial charge in [0.1, 0.15) is 6.04 Å². The van der Waals surface area contributed by atoms with Crippen LogP contribution in [0.1, 0.15) is 39.4 Å². The lowest BCUT2D eigenvalue weighted by atomic mass is 10.1. The van der Waals surface area contributed by atoms with Crippen molar-refractivity contribution in [1.29, 1.82) is 0 Å². The maximum absolute atomic E-state index is 11.0. The summed E-state index contributed by atoms with van der Waals surface area (Å²) < 4.78 is 6.50. The molecular weight excluding hydrogens is 330 g/mol. The Labute approximate surface area is 145 Å². The lowest BCUT2D eigenvalue weighted by Crippen LogP contribution is -2.45. The summed E-state index contributed by atoms with van der Waals surface area (Å²) in [5, 5.41) is 12.8. The van der Waals surface area contributed by atoms with Crippen molar-refractivity contribution in [3.63, 3.8) is 0 Å². The molecule has 1 aromatic carbocycles. The third kappa shape index (κ3) is 5.92. The third-order valence-corrected chi connectivity index (χ3v) is 9.16. The molecular formula is C17H28ClNO3Si.